The van der Waals surface area contributed by atoms with Gasteiger partial charge < -0.3 is 5.32 Å². The van der Waals surface area contributed by atoms with Crippen molar-refractivity contribution in [2.45, 2.75) is 19.8 Å². The van der Waals surface area contributed by atoms with E-state index < -0.39 is 11.8 Å². The van der Waals surface area contributed by atoms with Gasteiger partial charge in [-0.3, -0.25) is 30.2 Å². The van der Waals surface area contributed by atoms with Crippen LogP contribution in [0.3, 0.4) is 0 Å². The van der Waals surface area contributed by atoms with Gasteiger partial charge in [0.1, 0.15) is 0 Å². The number of amides is 3. The van der Waals surface area contributed by atoms with Gasteiger partial charge in [-0.15, -0.1) is 0 Å². The predicted molar refractivity (Wildman–Crippen MR) is 103 cm³/mol. The number of benzene rings is 1. The number of aromatic nitrogens is 1. The lowest BCUT2D eigenvalue weighted by Gasteiger charge is -2.13. The van der Waals surface area contributed by atoms with Gasteiger partial charge >= 0.3 is 0 Å². The fourth-order valence-corrected chi connectivity index (χ4v) is 2.60. The molecule has 0 spiro atoms. The maximum absolute atomic E-state index is 12.1. The zero-order valence-electron chi connectivity index (χ0n) is 14.5. The maximum Gasteiger partial charge on any atom is 0.271 e. The highest BCUT2D eigenvalue weighted by Crippen LogP contribution is 2.29. The normalized spacial score (nSPS) is 11.4. The van der Waals surface area contributed by atoms with E-state index in [1.54, 1.807) is 43.5 Å². The summed E-state index contributed by atoms with van der Waals surface area (Å²) in [7, 11) is 0. The molecule has 2 rings (SSSR count). The van der Waals surface area contributed by atoms with Crippen LogP contribution in [0.15, 0.2) is 42.7 Å². The van der Waals surface area contributed by atoms with E-state index in [0.29, 0.717) is 16.3 Å². The number of carbonyl (C=O) groups is 3. The summed E-state index contributed by atoms with van der Waals surface area (Å²) in [5.41, 5.74) is 5.35. The summed E-state index contributed by atoms with van der Waals surface area (Å²) in [4.78, 5) is 39.7. The molecule has 27 heavy (non-hydrogen) atoms. The van der Waals surface area contributed by atoms with Gasteiger partial charge in [0.25, 0.3) is 5.91 Å². The van der Waals surface area contributed by atoms with Gasteiger partial charge in [-0.25, -0.2) is 0 Å². The lowest BCUT2D eigenvalue weighted by atomic mass is 10.0. The molecule has 0 radical (unpaired) electrons. The average molecular weight is 409 g/mol. The molecule has 1 atom stereocenters. The number of hydrazine groups is 1. The number of anilines is 1. The molecule has 142 valence electrons. The highest BCUT2D eigenvalue weighted by Gasteiger charge is 2.16. The van der Waals surface area contributed by atoms with E-state index in [9.17, 15) is 14.4 Å². The van der Waals surface area contributed by atoms with E-state index in [1.807, 2.05) is 0 Å². The molecule has 0 aliphatic heterocycles. The molecule has 1 aromatic carbocycles. The van der Waals surface area contributed by atoms with Crippen LogP contribution in [0.25, 0.3) is 0 Å². The Morgan fingerprint density at radius 3 is 2.48 bits per heavy atom. The molecule has 0 saturated heterocycles. The molecule has 3 amide bonds. The second-order valence-electron chi connectivity index (χ2n) is 5.91. The van der Waals surface area contributed by atoms with Crippen LogP contribution in [0.4, 0.5) is 5.69 Å². The summed E-state index contributed by atoms with van der Waals surface area (Å²) in [6.45, 7) is 1.75. The Morgan fingerprint density at radius 2 is 1.78 bits per heavy atom. The third-order valence-electron chi connectivity index (χ3n) is 3.53. The minimum atomic E-state index is -0.475. The van der Waals surface area contributed by atoms with Gasteiger partial charge in [0, 0.05) is 25.2 Å². The molecule has 0 saturated carbocycles. The molecule has 0 bridgehead atoms. The Kier molecular flexibility index (Phi) is 7.57. The van der Waals surface area contributed by atoms with Crippen molar-refractivity contribution in [2.24, 2.45) is 5.92 Å². The Labute approximate surface area is 166 Å². The zero-order valence-corrected chi connectivity index (χ0v) is 16.0. The third-order valence-corrected chi connectivity index (χ3v) is 4.35. The fourth-order valence-electron chi connectivity index (χ4n) is 2.25. The van der Waals surface area contributed by atoms with Crippen molar-refractivity contribution in [1.29, 1.82) is 0 Å². The summed E-state index contributed by atoms with van der Waals surface area (Å²) < 4.78 is 0. The SMILES string of the molecule is CC(CC(=O)NNC(=O)c1cccnc1)CC(=O)Nc1cccc(Cl)c1Cl. The Hall–Kier alpha value is -2.64. The van der Waals surface area contributed by atoms with Crippen molar-refractivity contribution in [3.05, 3.63) is 58.3 Å². The first-order valence-corrected chi connectivity index (χ1v) is 8.85. The van der Waals surface area contributed by atoms with Gasteiger partial charge in [-0.1, -0.05) is 36.2 Å². The molecule has 1 aromatic heterocycles. The van der Waals surface area contributed by atoms with Crippen molar-refractivity contribution in [1.82, 2.24) is 15.8 Å². The molecule has 9 heteroatoms. The molecule has 0 fully saturated rings. The molecular weight excluding hydrogens is 391 g/mol. The summed E-state index contributed by atoms with van der Waals surface area (Å²) in [5.74, 6) is -1.43. The van der Waals surface area contributed by atoms with Gasteiger partial charge in [0.15, 0.2) is 0 Å². The quantitative estimate of drug-likeness (QED) is 0.638. The second-order valence-corrected chi connectivity index (χ2v) is 6.69. The minimum absolute atomic E-state index is 0.0595. The summed E-state index contributed by atoms with van der Waals surface area (Å²) >= 11 is 11.9. The first kappa shape index (κ1) is 20.7. The average Bonchev–Trinajstić information content (AvgIpc) is 2.64. The van der Waals surface area contributed by atoms with E-state index in [2.05, 4.69) is 21.2 Å². The van der Waals surface area contributed by atoms with Crippen LogP contribution in [0.1, 0.15) is 30.1 Å². The molecule has 3 N–H and O–H groups in total. The Bertz CT molecular complexity index is 831. The third kappa shape index (κ3) is 6.54. The van der Waals surface area contributed by atoms with E-state index >= 15 is 0 Å². The highest BCUT2D eigenvalue weighted by molar-refractivity contribution is 6.43. The lowest BCUT2D eigenvalue weighted by Crippen LogP contribution is -2.42. The lowest BCUT2D eigenvalue weighted by molar-refractivity contribution is -0.123. The Morgan fingerprint density at radius 1 is 1.04 bits per heavy atom. The topological polar surface area (TPSA) is 100 Å². The van der Waals surface area contributed by atoms with Gasteiger partial charge in [-0.2, -0.15) is 0 Å². The van der Waals surface area contributed by atoms with Crippen LogP contribution in [-0.4, -0.2) is 22.7 Å². The molecule has 7 nitrogen and oxygen atoms in total. The summed E-state index contributed by atoms with van der Waals surface area (Å²) in [6.07, 6.45) is 3.09. The molecule has 0 aliphatic rings. The van der Waals surface area contributed by atoms with Crippen LogP contribution in [-0.2, 0) is 9.59 Å². The predicted octanol–water partition coefficient (Wildman–Crippen LogP) is 3.20. The Balaban J connectivity index is 1.76. The number of hydrogen-bond acceptors (Lipinski definition) is 4. The van der Waals surface area contributed by atoms with Crippen molar-refractivity contribution in [3.8, 4) is 0 Å². The number of rotatable bonds is 6. The molecule has 2 aromatic rings. The number of pyridine rings is 1. The first-order valence-electron chi connectivity index (χ1n) is 8.10. The van der Waals surface area contributed by atoms with Gasteiger partial charge in [0.2, 0.25) is 11.8 Å². The number of nitrogens with one attached hydrogen (secondary N) is 3. The van der Waals surface area contributed by atoms with E-state index in [-0.39, 0.29) is 29.7 Å². The van der Waals surface area contributed by atoms with Crippen LogP contribution < -0.4 is 16.2 Å². The zero-order chi connectivity index (χ0) is 19.8. The van der Waals surface area contributed by atoms with Crippen molar-refractivity contribution < 1.29 is 14.4 Å². The highest BCUT2D eigenvalue weighted by atomic mass is 35.5. The van der Waals surface area contributed by atoms with Crippen LogP contribution in [0, 0.1) is 5.92 Å². The number of halogens is 2. The standard InChI is InChI=1S/C18H18Cl2N4O3/c1-11(8-15(25)22-14-6-2-5-13(19)17(14)20)9-16(26)23-24-18(27)12-4-3-7-21-10-12/h2-7,10-11H,8-9H2,1H3,(H,22,25)(H,23,26)(H,24,27). The number of hydrogen-bond donors (Lipinski definition) is 3. The first-order chi connectivity index (χ1) is 12.9. The number of carbonyl (C=O) groups excluding carboxylic acids is 3. The molecule has 1 unspecified atom stereocenters. The smallest absolute Gasteiger partial charge is 0.271 e. The van der Waals surface area contributed by atoms with Crippen LogP contribution in [0.2, 0.25) is 10.0 Å². The molecular formula is C18H18Cl2N4O3. The second kappa shape index (κ2) is 9.89. The van der Waals surface area contributed by atoms with Crippen molar-refractivity contribution >= 4 is 46.6 Å². The summed E-state index contributed by atoms with van der Waals surface area (Å²) in [6, 6.07) is 8.11. The van der Waals surface area contributed by atoms with Gasteiger partial charge in [0.05, 0.1) is 21.3 Å². The van der Waals surface area contributed by atoms with Crippen molar-refractivity contribution in [3.63, 3.8) is 0 Å². The van der Waals surface area contributed by atoms with Crippen LogP contribution >= 0.6 is 23.2 Å². The number of nitrogens with zero attached hydrogens (tertiary/aromatic N) is 1. The van der Waals surface area contributed by atoms with E-state index in [4.69, 9.17) is 23.2 Å². The summed E-state index contributed by atoms with van der Waals surface area (Å²) in [5, 5.41) is 3.26. The monoisotopic (exact) mass is 408 g/mol. The van der Waals surface area contributed by atoms with Crippen LogP contribution in [0.5, 0.6) is 0 Å². The molecule has 1 heterocycles. The molecule has 0 aliphatic carbocycles. The van der Waals surface area contributed by atoms with E-state index in [0.717, 1.165) is 0 Å². The van der Waals surface area contributed by atoms with Crippen molar-refractivity contribution in [2.75, 3.05) is 5.32 Å². The minimum Gasteiger partial charge on any atom is -0.325 e. The largest absolute Gasteiger partial charge is 0.325 e. The maximum atomic E-state index is 12.1. The van der Waals surface area contributed by atoms with Gasteiger partial charge in [-0.05, 0) is 30.2 Å². The van der Waals surface area contributed by atoms with E-state index in [1.165, 1.54) is 6.20 Å². The fraction of sp³-hybridized carbons (Fsp3) is 0.222.